The molecule has 1 saturated carbocycles. The minimum atomic E-state index is 0.383. The van der Waals surface area contributed by atoms with E-state index in [0.717, 1.165) is 24.2 Å². The molecule has 3 heteroatoms. The van der Waals surface area contributed by atoms with Crippen molar-refractivity contribution in [2.24, 2.45) is 17.8 Å². The largest absolute Gasteiger partial charge is 0.396 e. The van der Waals surface area contributed by atoms with Gasteiger partial charge >= 0.3 is 0 Å². The van der Waals surface area contributed by atoms with Gasteiger partial charge in [0, 0.05) is 19.7 Å². The number of piperidine rings is 1. The van der Waals surface area contributed by atoms with Gasteiger partial charge in [0.05, 0.1) is 0 Å². The van der Waals surface area contributed by atoms with Gasteiger partial charge in [-0.05, 0) is 24.2 Å². The lowest BCUT2D eigenvalue weighted by Gasteiger charge is -2.11. The number of aliphatic hydroxyl groups excluding tert-OH is 1. The fourth-order valence-corrected chi connectivity index (χ4v) is 2.75. The number of aliphatic hydroxyl groups is 1. The first-order valence-corrected chi connectivity index (χ1v) is 4.45. The number of fused-ring (bicyclic) bond motifs is 1. The maximum atomic E-state index is 8.68. The molecule has 1 aliphatic carbocycles. The molecule has 0 amide bonds. The Labute approximate surface area is 63.9 Å². The zero-order valence-corrected chi connectivity index (χ0v) is 7.19. The van der Waals surface area contributed by atoms with Gasteiger partial charge in [0.15, 0.2) is 0 Å². The Morgan fingerprint density at radius 1 is 1.40 bits per heavy atom. The van der Waals surface area contributed by atoms with E-state index < -0.39 is 0 Å². The van der Waals surface area contributed by atoms with Crippen LogP contribution in [0.2, 0.25) is 0 Å². The van der Waals surface area contributed by atoms with Gasteiger partial charge in [0.1, 0.15) is 0 Å². The van der Waals surface area contributed by atoms with Crippen molar-refractivity contribution in [2.45, 2.75) is 6.42 Å². The first-order chi connectivity index (χ1) is 4.83. The van der Waals surface area contributed by atoms with Crippen LogP contribution in [0.15, 0.2) is 0 Å². The van der Waals surface area contributed by atoms with E-state index in [-0.39, 0.29) is 0 Å². The van der Waals surface area contributed by atoms with E-state index >= 15 is 0 Å². The van der Waals surface area contributed by atoms with Crippen LogP contribution in [0.3, 0.4) is 0 Å². The van der Waals surface area contributed by atoms with Gasteiger partial charge < -0.3 is 5.11 Å². The summed E-state index contributed by atoms with van der Waals surface area (Å²) in [6, 6.07) is 0. The predicted molar refractivity (Wildman–Crippen MR) is 43.5 cm³/mol. The Kier molecular flexibility index (Phi) is 1.71. The van der Waals surface area contributed by atoms with Gasteiger partial charge in [-0.2, -0.15) is 0 Å². The summed E-state index contributed by atoms with van der Waals surface area (Å²) in [6.45, 7) is 2.86. The molecule has 58 valence electrons. The number of rotatable bonds is 2. The molecule has 0 bridgehead atoms. The SMILES string of the molecule is OCCC1C2CN(P)CC12. The summed E-state index contributed by atoms with van der Waals surface area (Å²) < 4.78 is 2.31. The van der Waals surface area contributed by atoms with Crippen molar-refractivity contribution in [3.8, 4) is 0 Å². The van der Waals surface area contributed by atoms with E-state index in [1.165, 1.54) is 13.1 Å². The van der Waals surface area contributed by atoms with Crippen LogP contribution in [0.4, 0.5) is 0 Å². The number of hydrogen-bond donors (Lipinski definition) is 1. The van der Waals surface area contributed by atoms with Crippen LogP contribution in [0, 0.1) is 17.8 Å². The predicted octanol–water partition coefficient (Wildman–Crippen LogP) is 0.337. The van der Waals surface area contributed by atoms with Crippen molar-refractivity contribution >= 4 is 9.39 Å². The minimum absolute atomic E-state index is 0.383. The molecule has 0 aromatic rings. The molecule has 1 saturated heterocycles. The summed E-state index contributed by atoms with van der Waals surface area (Å²) in [5.74, 6) is 2.70. The van der Waals surface area contributed by atoms with Crippen molar-refractivity contribution in [1.29, 1.82) is 0 Å². The summed E-state index contributed by atoms with van der Waals surface area (Å²) in [7, 11) is 2.75. The van der Waals surface area contributed by atoms with E-state index in [0.29, 0.717) is 6.61 Å². The van der Waals surface area contributed by atoms with Crippen molar-refractivity contribution in [2.75, 3.05) is 19.7 Å². The molecule has 10 heavy (non-hydrogen) atoms. The van der Waals surface area contributed by atoms with Crippen LogP contribution in [0.25, 0.3) is 0 Å². The summed E-state index contributed by atoms with van der Waals surface area (Å²) in [4.78, 5) is 0. The van der Waals surface area contributed by atoms with E-state index in [2.05, 4.69) is 14.1 Å². The Bertz CT molecular complexity index is 123. The fourth-order valence-electron chi connectivity index (χ4n) is 2.26. The van der Waals surface area contributed by atoms with Crippen molar-refractivity contribution in [1.82, 2.24) is 4.67 Å². The van der Waals surface area contributed by atoms with Gasteiger partial charge in [0.2, 0.25) is 0 Å². The van der Waals surface area contributed by atoms with Crippen LogP contribution in [-0.4, -0.2) is 29.5 Å². The lowest BCUT2D eigenvalue weighted by molar-refractivity contribution is 0.268. The Morgan fingerprint density at radius 3 is 2.50 bits per heavy atom. The Hall–Kier alpha value is 0.350. The number of nitrogens with zero attached hydrogens (tertiary/aromatic N) is 1. The first kappa shape index (κ1) is 7.02. The van der Waals surface area contributed by atoms with Gasteiger partial charge in [-0.1, -0.05) is 9.39 Å². The molecule has 2 rings (SSSR count). The van der Waals surface area contributed by atoms with E-state index in [1.54, 1.807) is 0 Å². The van der Waals surface area contributed by atoms with Crippen molar-refractivity contribution in [3.05, 3.63) is 0 Å². The van der Waals surface area contributed by atoms with Crippen molar-refractivity contribution < 1.29 is 5.11 Å². The minimum Gasteiger partial charge on any atom is -0.396 e. The maximum Gasteiger partial charge on any atom is 0.0433 e. The highest BCUT2D eigenvalue weighted by atomic mass is 31.0. The maximum absolute atomic E-state index is 8.68. The molecule has 1 N–H and O–H groups in total. The quantitative estimate of drug-likeness (QED) is 0.587. The highest BCUT2D eigenvalue weighted by Crippen LogP contribution is 2.53. The smallest absolute Gasteiger partial charge is 0.0433 e. The average molecular weight is 159 g/mol. The molecule has 0 radical (unpaired) electrons. The Balaban J connectivity index is 1.81. The average Bonchev–Trinajstić information content (AvgIpc) is 2.43. The zero-order chi connectivity index (χ0) is 7.14. The summed E-state index contributed by atoms with van der Waals surface area (Å²) >= 11 is 0. The van der Waals surface area contributed by atoms with Crippen molar-refractivity contribution in [3.63, 3.8) is 0 Å². The molecule has 0 spiro atoms. The highest BCUT2D eigenvalue weighted by molar-refractivity contribution is 7.13. The molecule has 2 aliphatic rings. The van der Waals surface area contributed by atoms with Gasteiger partial charge in [-0.15, -0.1) is 0 Å². The summed E-state index contributed by atoms with van der Waals surface area (Å²) in [5.41, 5.74) is 0. The Morgan fingerprint density at radius 2 is 2.00 bits per heavy atom. The second kappa shape index (κ2) is 2.44. The molecule has 0 aromatic carbocycles. The molecule has 2 nitrogen and oxygen atoms in total. The highest BCUT2D eigenvalue weighted by Gasteiger charge is 2.53. The molecule has 2 fully saturated rings. The summed E-state index contributed by atoms with van der Waals surface area (Å²) in [6.07, 6.45) is 1.04. The molecule has 3 unspecified atom stereocenters. The molecular formula is C7H14NOP. The molecular weight excluding hydrogens is 145 g/mol. The van der Waals surface area contributed by atoms with E-state index in [1.807, 2.05) is 0 Å². The second-order valence-electron chi connectivity index (χ2n) is 3.46. The second-order valence-corrected chi connectivity index (χ2v) is 4.19. The van der Waals surface area contributed by atoms with Crippen LogP contribution in [-0.2, 0) is 0 Å². The molecule has 0 aromatic heterocycles. The fraction of sp³-hybridized carbons (Fsp3) is 1.00. The molecule has 3 atom stereocenters. The van der Waals surface area contributed by atoms with Gasteiger partial charge in [0.25, 0.3) is 0 Å². The van der Waals surface area contributed by atoms with E-state index in [9.17, 15) is 0 Å². The zero-order valence-electron chi connectivity index (χ0n) is 6.03. The lowest BCUT2D eigenvalue weighted by atomic mass is 10.2. The lowest BCUT2D eigenvalue weighted by Crippen LogP contribution is -2.12. The van der Waals surface area contributed by atoms with Crippen LogP contribution in [0.1, 0.15) is 6.42 Å². The topological polar surface area (TPSA) is 23.5 Å². The molecule has 1 aliphatic heterocycles. The molecule has 1 heterocycles. The third-order valence-corrected chi connectivity index (χ3v) is 3.28. The summed E-state index contributed by atoms with van der Waals surface area (Å²) in [5, 5.41) is 8.68. The monoisotopic (exact) mass is 159 g/mol. The van der Waals surface area contributed by atoms with E-state index in [4.69, 9.17) is 5.11 Å². The standard InChI is InChI=1S/C7H14NOP/c9-2-1-5-6-3-8(10)4-7(5)6/h5-7,9H,1-4,10H2. The first-order valence-electron chi connectivity index (χ1n) is 3.93. The van der Waals surface area contributed by atoms with Crippen LogP contribution >= 0.6 is 9.39 Å². The van der Waals surface area contributed by atoms with Gasteiger partial charge in [-0.25, -0.2) is 0 Å². The van der Waals surface area contributed by atoms with Crippen LogP contribution in [0.5, 0.6) is 0 Å². The van der Waals surface area contributed by atoms with Crippen LogP contribution < -0.4 is 0 Å². The third kappa shape index (κ3) is 0.990. The van der Waals surface area contributed by atoms with Gasteiger partial charge in [-0.3, -0.25) is 4.67 Å². The number of hydrogen-bond acceptors (Lipinski definition) is 2. The third-order valence-electron chi connectivity index (χ3n) is 2.86. The normalized spacial score (nSPS) is 45.6.